The number of fused-ring (bicyclic) bond motifs is 1. The van der Waals surface area contributed by atoms with E-state index < -0.39 is 9.84 Å². The number of benzene rings is 1. The molecule has 0 saturated carbocycles. The van der Waals surface area contributed by atoms with Gasteiger partial charge in [-0.1, -0.05) is 0 Å². The van der Waals surface area contributed by atoms with Crippen LogP contribution in [0.3, 0.4) is 0 Å². The Kier molecular flexibility index (Phi) is 3.06. The number of anilines is 1. The Balaban J connectivity index is 2.12. The minimum Gasteiger partial charge on any atom is -0.382 e. The second-order valence-electron chi connectivity index (χ2n) is 4.31. The molecule has 0 radical (unpaired) electrons. The van der Waals surface area contributed by atoms with E-state index in [1.54, 1.807) is 6.20 Å². The van der Waals surface area contributed by atoms with E-state index in [0.29, 0.717) is 0 Å². The fourth-order valence-electron chi connectivity index (χ4n) is 1.81. The largest absolute Gasteiger partial charge is 0.382 e. The lowest BCUT2D eigenvalue weighted by Crippen LogP contribution is -2.24. The second kappa shape index (κ2) is 4.37. The highest BCUT2D eigenvalue weighted by atomic mass is 32.2. The Morgan fingerprint density at radius 2 is 2.24 bits per heavy atom. The molecule has 0 fully saturated rings. The average Bonchev–Trinajstić information content (AvgIpc) is 2.61. The quantitative estimate of drug-likeness (QED) is 0.864. The highest BCUT2D eigenvalue weighted by Gasteiger charge is 2.10. The minimum atomic E-state index is -2.96. The molecule has 1 unspecified atom stereocenters. The van der Waals surface area contributed by atoms with Crippen LogP contribution in [0.15, 0.2) is 24.4 Å². The van der Waals surface area contributed by atoms with Crippen molar-refractivity contribution in [3.63, 3.8) is 0 Å². The van der Waals surface area contributed by atoms with E-state index in [-0.39, 0.29) is 11.8 Å². The van der Waals surface area contributed by atoms with Crippen LogP contribution in [-0.4, -0.2) is 36.7 Å². The van der Waals surface area contributed by atoms with Gasteiger partial charge in [-0.3, -0.25) is 5.10 Å². The van der Waals surface area contributed by atoms with Crippen LogP contribution < -0.4 is 5.32 Å². The summed E-state index contributed by atoms with van der Waals surface area (Å²) >= 11 is 0. The summed E-state index contributed by atoms with van der Waals surface area (Å²) in [6.07, 6.45) is 2.99. The monoisotopic (exact) mass is 253 g/mol. The van der Waals surface area contributed by atoms with Crippen molar-refractivity contribution < 1.29 is 8.42 Å². The van der Waals surface area contributed by atoms with Gasteiger partial charge in [0.25, 0.3) is 0 Å². The van der Waals surface area contributed by atoms with E-state index >= 15 is 0 Å². The zero-order chi connectivity index (χ0) is 12.5. The lowest BCUT2D eigenvalue weighted by Gasteiger charge is -2.14. The van der Waals surface area contributed by atoms with Crippen molar-refractivity contribution in [1.82, 2.24) is 10.2 Å². The maximum atomic E-state index is 11.1. The third-order valence-corrected chi connectivity index (χ3v) is 3.51. The molecule has 0 spiro atoms. The van der Waals surface area contributed by atoms with E-state index in [1.165, 1.54) is 6.26 Å². The van der Waals surface area contributed by atoms with E-state index in [2.05, 4.69) is 15.5 Å². The van der Waals surface area contributed by atoms with Gasteiger partial charge >= 0.3 is 0 Å². The molecule has 1 atom stereocenters. The maximum Gasteiger partial charge on any atom is 0.149 e. The first-order chi connectivity index (χ1) is 7.94. The molecule has 92 valence electrons. The van der Waals surface area contributed by atoms with Gasteiger partial charge in [0, 0.05) is 23.4 Å². The standard InChI is InChI=1S/C11H15N3O2S/c1-8(7-17(2,15)16)13-10-4-3-9-6-12-14-11(9)5-10/h3-6,8,13H,7H2,1-2H3,(H,12,14). The molecule has 0 amide bonds. The highest BCUT2D eigenvalue weighted by molar-refractivity contribution is 7.90. The van der Waals surface area contributed by atoms with Gasteiger partial charge in [0.1, 0.15) is 9.84 Å². The van der Waals surface area contributed by atoms with Crippen molar-refractivity contribution in [1.29, 1.82) is 0 Å². The summed E-state index contributed by atoms with van der Waals surface area (Å²) in [7, 11) is -2.96. The van der Waals surface area contributed by atoms with Gasteiger partial charge in [-0.15, -0.1) is 0 Å². The van der Waals surface area contributed by atoms with Crippen molar-refractivity contribution in [2.75, 3.05) is 17.3 Å². The van der Waals surface area contributed by atoms with E-state index in [9.17, 15) is 8.42 Å². The average molecular weight is 253 g/mol. The van der Waals surface area contributed by atoms with Gasteiger partial charge in [0.15, 0.2) is 0 Å². The predicted octanol–water partition coefficient (Wildman–Crippen LogP) is 1.41. The normalized spacial score (nSPS) is 13.8. The van der Waals surface area contributed by atoms with Gasteiger partial charge in [-0.05, 0) is 25.1 Å². The van der Waals surface area contributed by atoms with Gasteiger partial charge in [0.2, 0.25) is 0 Å². The molecule has 0 saturated heterocycles. The third kappa shape index (κ3) is 3.20. The molecule has 1 heterocycles. The van der Waals surface area contributed by atoms with Crippen LogP contribution in [0.5, 0.6) is 0 Å². The van der Waals surface area contributed by atoms with Crippen LogP contribution >= 0.6 is 0 Å². The summed E-state index contributed by atoms with van der Waals surface area (Å²) in [4.78, 5) is 0. The van der Waals surface area contributed by atoms with Crippen LogP contribution in [-0.2, 0) is 9.84 Å². The van der Waals surface area contributed by atoms with Gasteiger partial charge in [0.05, 0.1) is 17.5 Å². The SMILES string of the molecule is CC(CS(C)(=O)=O)Nc1ccc2cn[nH]c2c1. The molecule has 0 aliphatic rings. The molecule has 1 aromatic heterocycles. The number of nitrogens with zero attached hydrogens (tertiary/aromatic N) is 1. The highest BCUT2D eigenvalue weighted by Crippen LogP contribution is 2.17. The number of rotatable bonds is 4. The van der Waals surface area contributed by atoms with Crippen LogP contribution in [0.25, 0.3) is 10.9 Å². The summed E-state index contributed by atoms with van der Waals surface area (Å²) in [6, 6.07) is 5.65. The summed E-state index contributed by atoms with van der Waals surface area (Å²) in [5.74, 6) is 0.119. The molecular formula is C11H15N3O2S. The summed E-state index contributed by atoms with van der Waals surface area (Å²) in [5.41, 5.74) is 1.82. The maximum absolute atomic E-state index is 11.1. The number of H-pyrrole nitrogens is 1. The first kappa shape index (κ1) is 11.9. The number of aromatic amines is 1. The van der Waals surface area contributed by atoms with Crippen LogP contribution in [0.1, 0.15) is 6.92 Å². The van der Waals surface area contributed by atoms with Crippen molar-refractivity contribution >= 4 is 26.4 Å². The molecule has 17 heavy (non-hydrogen) atoms. The van der Waals surface area contributed by atoms with Crippen LogP contribution in [0, 0.1) is 0 Å². The molecule has 2 rings (SSSR count). The smallest absolute Gasteiger partial charge is 0.149 e. The van der Waals surface area contributed by atoms with Crippen LogP contribution in [0.4, 0.5) is 5.69 Å². The number of nitrogens with one attached hydrogen (secondary N) is 2. The summed E-state index contributed by atoms with van der Waals surface area (Å²) < 4.78 is 22.3. The lowest BCUT2D eigenvalue weighted by atomic mass is 10.2. The first-order valence-electron chi connectivity index (χ1n) is 5.31. The molecular weight excluding hydrogens is 238 g/mol. The summed E-state index contributed by atoms with van der Waals surface area (Å²) in [5, 5.41) is 11.0. The molecule has 0 aliphatic carbocycles. The number of hydrogen-bond acceptors (Lipinski definition) is 4. The molecule has 0 aliphatic heterocycles. The van der Waals surface area contributed by atoms with E-state index in [1.807, 2.05) is 25.1 Å². The van der Waals surface area contributed by atoms with Crippen molar-refractivity contribution in [3.05, 3.63) is 24.4 Å². The molecule has 1 aromatic carbocycles. The summed E-state index contributed by atoms with van der Waals surface area (Å²) in [6.45, 7) is 1.85. The zero-order valence-corrected chi connectivity index (χ0v) is 10.6. The third-order valence-electron chi connectivity index (χ3n) is 2.41. The molecule has 2 N–H and O–H groups in total. The fourth-order valence-corrected chi connectivity index (χ4v) is 2.80. The van der Waals surface area contributed by atoms with Gasteiger partial charge < -0.3 is 5.32 Å². The second-order valence-corrected chi connectivity index (χ2v) is 6.49. The van der Waals surface area contributed by atoms with E-state index in [4.69, 9.17) is 0 Å². The Labute approximate surface area is 100 Å². The minimum absolute atomic E-state index is 0.119. The first-order valence-corrected chi connectivity index (χ1v) is 7.37. The Hall–Kier alpha value is -1.56. The van der Waals surface area contributed by atoms with Crippen molar-refractivity contribution in [3.8, 4) is 0 Å². The van der Waals surface area contributed by atoms with Crippen molar-refractivity contribution in [2.45, 2.75) is 13.0 Å². The van der Waals surface area contributed by atoms with Crippen LogP contribution in [0.2, 0.25) is 0 Å². The lowest BCUT2D eigenvalue weighted by molar-refractivity contribution is 0.598. The molecule has 0 bridgehead atoms. The number of hydrogen-bond donors (Lipinski definition) is 2. The number of sulfone groups is 1. The Bertz CT molecular complexity index is 618. The number of aromatic nitrogens is 2. The van der Waals surface area contributed by atoms with Crippen molar-refractivity contribution in [2.24, 2.45) is 0 Å². The Morgan fingerprint density at radius 1 is 1.47 bits per heavy atom. The zero-order valence-electron chi connectivity index (χ0n) is 9.77. The Morgan fingerprint density at radius 3 is 2.94 bits per heavy atom. The fraction of sp³-hybridized carbons (Fsp3) is 0.364. The molecule has 6 heteroatoms. The van der Waals surface area contributed by atoms with Gasteiger partial charge in [-0.25, -0.2) is 8.42 Å². The molecule has 2 aromatic rings. The topological polar surface area (TPSA) is 74.8 Å². The van der Waals surface area contributed by atoms with E-state index in [0.717, 1.165) is 16.6 Å². The molecule has 5 nitrogen and oxygen atoms in total. The predicted molar refractivity (Wildman–Crippen MR) is 68.9 cm³/mol. The van der Waals surface area contributed by atoms with Gasteiger partial charge in [-0.2, -0.15) is 5.10 Å².